The van der Waals surface area contributed by atoms with E-state index in [0.717, 1.165) is 41.1 Å². The van der Waals surface area contributed by atoms with E-state index in [9.17, 15) is 0 Å². The summed E-state index contributed by atoms with van der Waals surface area (Å²) in [6.07, 6.45) is 2.70. The predicted octanol–water partition coefficient (Wildman–Crippen LogP) is 4.68. The minimum Gasteiger partial charge on any atom is -0.493 e. The minimum atomic E-state index is 0.169. The highest BCUT2D eigenvalue weighted by Gasteiger charge is 2.10. The topological polar surface area (TPSA) is 34.4 Å². The molecule has 1 atom stereocenters. The van der Waals surface area contributed by atoms with Gasteiger partial charge in [-0.2, -0.15) is 0 Å². The maximum atomic E-state index is 5.78. The maximum absolute atomic E-state index is 5.78. The summed E-state index contributed by atoms with van der Waals surface area (Å²) in [5.74, 6) is 1.88. The van der Waals surface area contributed by atoms with E-state index in [2.05, 4.69) is 41.2 Å². The summed E-state index contributed by atoms with van der Waals surface area (Å²) in [6.45, 7) is 5.67. The molecule has 1 heterocycles. The Hall–Kier alpha value is -1.26. The number of halogens is 1. The van der Waals surface area contributed by atoms with Crippen LogP contribution in [0.1, 0.15) is 37.6 Å². The number of hydrogen-bond donors (Lipinski definition) is 1. The van der Waals surface area contributed by atoms with Gasteiger partial charge in [0.2, 0.25) is 0 Å². The normalized spacial score (nSPS) is 12.3. The average molecular weight is 338 g/mol. The summed E-state index contributed by atoms with van der Waals surface area (Å²) in [7, 11) is 0. The second-order valence-electron chi connectivity index (χ2n) is 4.72. The van der Waals surface area contributed by atoms with Gasteiger partial charge in [-0.1, -0.05) is 22.9 Å². The summed E-state index contributed by atoms with van der Waals surface area (Å²) in [5, 5.41) is 3.45. The molecule has 0 bridgehead atoms. The Morgan fingerprint density at radius 1 is 1.35 bits per heavy atom. The van der Waals surface area contributed by atoms with Crippen LogP contribution in [-0.4, -0.2) is 6.61 Å². The van der Waals surface area contributed by atoms with Gasteiger partial charge in [0.25, 0.3) is 0 Å². The van der Waals surface area contributed by atoms with Gasteiger partial charge >= 0.3 is 0 Å². The van der Waals surface area contributed by atoms with E-state index < -0.39 is 0 Å². The molecule has 0 saturated carbocycles. The number of nitrogens with one attached hydrogen (secondary N) is 1. The van der Waals surface area contributed by atoms with E-state index in [1.165, 1.54) is 0 Å². The predicted molar refractivity (Wildman–Crippen MR) is 83.9 cm³/mol. The standard InChI is InChI=1S/C16H20BrNO2/c1-3-8-19-16-7-6-14(17)10-13(16)11-18-12(2)15-5-4-9-20-15/h4-7,9-10,12,18H,3,8,11H2,1-2H3. The van der Waals surface area contributed by atoms with Gasteiger partial charge in [0.15, 0.2) is 0 Å². The zero-order chi connectivity index (χ0) is 14.4. The largest absolute Gasteiger partial charge is 0.493 e. The molecule has 0 saturated heterocycles. The van der Waals surface area contributed by atoms with E-state index in [1.54, 1.807) is 6.26 Å². The van der Waals surface area contributed by atoms with Crippen LogP contribution in [0.25, 0.3) is 0 Å². The number of ether oxygens (including phenoxy) is 1. The van der Waals surface area contributed by atoms with Crippen molar-refractivity contribution in [3.05, 3.63) is 52.4 Å². The van der Waals surface area contributed by atoms with Gasteiger partial charge in [0.05, 0.1) is 18.9 Å². The Labute approximate surface area is 128 Å². The van der Waals surface area contributed by atoms with Gasteiger partial charge < -0.3 is 14.5 Å². The first-order valence-corrected chi connectivity index (χ1v) is 7.68. The molecule has 108 valence electrons. The quantitative estimate of drug-likeness (QED) is 0.796. The molecule has 1 aromatic carbocycles. The van der Waals surface area contributed by atoms with Crippen LogP contribution in [0.2, 0.25) is 0 Å². The van der Waals surface area contributed by atoms with Gasteiger partial charge in [-0.15, -0.1) is 0 Å². The monoisotopic (exact) mass is 337 g/mol. The van der Waals surface area contributed by atoms with E-state index in [1.807, 2.05) is 24.3 Å². The van der Waals surface area contributed by atoms with Crippen molar-refractivity contribution in [3.8, 4) is 5.75 Å². The molecule has 0 aliphatic heterocycles. The van der Waals surface area contributed by atoms with Crippen LogP contribution in [0.4, 0.5) is 0 Å². The fourth-order valence-corrected chi connectivity index (χ4v) is 2.35. The minimum absolute atomic E-state index is 0.169. The van der Waals surface area contributed by atoms with Gasteiger partial charge in [-0.3, -0.25) is 0 Å². The third kappa shape index (κ3) is 4.12. The Morgan fingerprint density at radius 3 is 2.90 bits per heavy atom. The van der Waals surface area contributed by atoms with Crippen molar-refractivity contribution in [1.29, 1.82) is 0 Å². The fraction of sp³-hybridized carbons (Fsp3) is 0.375. The first kappa shape index (κ1) is 15.1. The molecule has 0 radical (unpaired) electrons. The van der Waals surface area contributed by atoms with Crippen molar-refractivity contribution in [1.82, 2.24) is 5.32 Å². The van der Waals surface area contributed by atoms with Gasteiger partial charge in [0.1, 0.15) is 11.5 Å². The fourth-order valence-electron chi connectivity index (χ4n) is 1.94. The van der Waals surface area contributed by atoms with Gasteiger partial charge in [0, 0.05) is 16.6 Å². The zero-order valence-electron chi connectivity index (χ0n) is 11.9. The molecule has 20 heavy (non-hydrogen) atoms. The molecule has 2 aromatic rings. The lowest BCUT2D eigenvalue weighted by Gasteiger charge is -2.15. The van der Waals surface area contributed by atoms with Crippen LogP contribution in [0.15, 0.2) is 45.5 Å². The lowest BCUT2D eigenvalue weighted by Crippen LogP contribution is -2.18. The van der Waals surface area contributed by atoms with E-state index in [-0.39, 0.29) is 6.04 Å². The first-order valence-electron chi connectivity index (χ1n) is 6.88. The van der Waals surface area contributed by atoms with Crippen molar-refractivity contribution >= 4 is 15.9 Å². The number of rotatable bonds is 7. The molecule has 0 spiro atoms. The highest BCUT2D eigenvalue weighted by Crippen LogP contribution is 2.24. The Balaban J connectivity index is 2.02. The van der Waals surface area contributed by atoms with Crippen molar-refractivity contribution in [3.63, 3.8) is 0 Å². The maximum Gasteiger partial charge on any atom is 0.123 e. The number of hydrogen-bond acceptors (Lipinski definition) is 3. The molecule has 3 nitrogen and oxygen atoms in total. The summed E-state index contributed by atoms with van der Waals surface area (Å²) in [6, 6.07) is 10.2. The molecule has 0 amide bonds. The summed E-state index contributed by atoms with van der Waals surface area (Å²) < 4.78 is 12.2. The van der Waals surface area contributed by atoms with Crippen LogP contribution >= 0.6 is 15.9 Å². The van der Waals surface area contributed by atoms with Gasteiger partial charge in [-0.05, 0) is 43.7 Å². The number of benzene rings is 1. The van der Waals surface area contributed by atoms with Crippen molar-refractivity contribution in [2.24, 2.45) is 0 Å². The number of furan rings is 1. The highest BCUT2D eigenvalue weighted by molar-refractivity contribution is 9.10. The average Bonchev–Trinajstić information content (AvgIpc) is 2.98. The van der Waals surface area contributed by atoms with Crippen LogP contribution in [-0.2, 0) is 6.54 Å². The van der Waals surface area contributed by atoms with Crippen molar-refractivity contribution in [2.75, 3.05) is 6.61 Å². The summed E-state index contributed by atoms with van der Waals surface area (Å²) in [4.78, 5) is 0. The molecule has 1 N–H and O–H groups in total. The van der Waals surface area contributed by atoms with E-state index >= 15 is 0 Å². The van der Waals surface area contributed by atoms with E-state index in [4.69, 9.17) is 9.15 Å². The third-order valence-electron chi connectivity index (χ3n) is 3.05. The second-order valence-corrected chi connectivity index (χ2v) is 5.63. The molecule has 0 aliphatic carbocycles. The SMILES string of the molecule is CCCOc1ccc(Br)cc1CNC(C)c1ccco1. The van der Waals surface area contributed by atoms with E-state index in [0.29, 0.717) is 0 Å². The molecule has 4 heteroatoms. The molecule has 0 fully saturated rings. The molecule has 0 aliphatic rings. The van der Waals surface area contributed by atoms with Gasteiger partial charge in [-0.25, -0.2) is 0 Å². The Bertz CT molecular complexity index is 525. The molecule has 2 rings (SSSR count). The van der Waals surface area contributed by atoms with Crippen LogP contribution in [0.5, 0.6) is 5.75 Å². The van der Waals surface area contributed by atoms with Crippen LogP contribution in [0, 0.1) is 0 Å². The molecular weight excluding hydrogens is 318 g/mol. The molecular formula is C16H20BrNO2. The van der Waals surface area contributed by atoms with Crippen LogP contribution < -0.4 is 10.1 Å². The molecule has 1 aromatic heterocycles. The second kappa shape index (κ2) is 7.50. The van der Waals surface area contributed by atoms with Crippen molar-refractivity contribution < 1.29 is 9.15 Å². The van der Waals surface area contributed by atoms with Crippen LogP contribution in [0.3, 0.4) is 0 Å². The molecule has 1 unspecified atom stereocenters. The third-order valence-corrected chi connectivity index (χ3v) is 3.55. The lowest BCUT2D eigenvalue weighted by molar-refractivity contribution is 0.312. The first-order chi connectivity index (χ1) is 9.70. The highest BCUT2D eigenvalue weighted by atomic mass is 79.9. The summed E-state index contributed by atoms with van der Waals surface area (Å²) in [5.41, 5.74) is 1.14. The lowest BCUT2D eigenvalue weighted by atomic mass is 10.1. The van der Waals surface area contributed by atoms with Crippen molar-refractivity contribution in [2.45, 2.75) is 32.9 Å². The Morgan fingerprint density at radius 2 is 2.20 bits per heavy atom. The zero-order valence-corrected chi connectivity index (χ0v) is 13.4. The smallest absolute Gasteiger partial charge is 0.123 e. The summed E-state index contributed by atoms with van der Waals surface area (Å²) >= 11 is 3.51. The Kier molecular flexibility index (Phi) is 5.68.